The van der Waals surface area contributed by atoms with Crippen molar-refractivity contribution >= 4 is 5.91 Å². The molecule has 70 valence electrons. The summed E-state index contributed by atoms with van der Waals surface area (Å²) in [5.74, 6) is 1.57. The van der Waals surface area contributed by atoms with Crippen LogP contribution in [0, 0.1) is 11.8 Å². The molecule has 0 aromatic carbocycles. The highest BCUT2D eigenvalue weighted by Crippen LogP contribution is 2.37. The Balaban J connectivity index is 2.28. The summed E-state index contributed by atoms with van der Waals surface area (Å²) in [6.07, 6.45) is 1.26. The summed E-state index contributed by atoms with van der Waals surface area (Å²) < 4.78 is 0. The Morgan fingerprint density at radius 1 is 1.75 bits per heavy atom. The molecule has 1 rings (SSSR count). The fraction of sp³-hybridized carbons (Fsp3) is 0.889. The Labute approximate surface area is 73.9 Å². The van der Waals surface area contributed by atoms with Crippen molar-refractivity contribution in [3.8, 4) is 0 Å². The van der Waals surface area contributed by atoms with Crippen LogP contribution in [0.1, 0.15) is 20.3 Å². The molecule has 1 amide bonds. The number of hydrogen-bond acceptors (Lipinski definition) is 2. The summed E-state index contributed by atoms with van der Waals surface area (Å²) in [6.45, 7) is 4.82. The van der Waals surface area contributed by atoms with Crippen molar-refractivity contribution in [3.05, 3.63) is 0 Å². The van der Waals surface area contributed by atoms with Crippen LogP contribution in [0.15, 0.2) is 0 Å². The first-order valence-electron chi connectivity index (χ1n) is 4.53. The first-order chi connectivity index (χ1) is 5.52. The lowest BCUT2D eigenvalue weighted by Crippen LogP contribution is -2.40. The highest BCUT2D eigenvalue weighted by molar-refractivity contribution is 5.80. The number of carbonyl (C=O) groups excluding carboxylic acids is 1. The zero-order valence-electron chi connectivity index (χ0n) is 8.08. The predicted octanol–water partition coefficient (Wildman–Crippen LogP) is 0.448. The number of likely N-dealkylation sites (N-methyl/N-ethyl adjacent to an activating group) is 1. The first kappa shape index (κ1) is 9.52. The van der Waals surface area contributed by atoms with Gasteiger partial charge in [-0.05, 0) is 25.2 Å². The molecule has 1 saturated carbocycles. The molecule has 12 heavy (non-hydrogen) atoms. The Kier molecular flexibility index (Phi) is 2.73. The molecule has 0 heterocycles. The lowest BCUT2D eigenvalue weighted by atomic mass is 10.2. The predicted molar refractivity (Wildman–Crippen MR) is 48.6 cm³/mol. The first-order valence-corrected chi connectivity index (χ1v) is 4.53. The molecule has 3 nitrogen and oxygen atoms in total. The fourth-order valence-electron chi connectivity index (χ4n) is 1.44. The third-order valence-corrected chi connectivity index (χ3v) is 2.55. The minimum atomic E-state index is -0.357. The van der Waals surface area contributed by atoms with Gasteiger partial charge in [0.05, 0.1) is 6.04 Å². The van der Waals surface area contributed by atoms with Gasteiger partial charge in [0, 0.05) is 13.6 Å². The summed E-state index contributed by atoms with van der Waals surface area (Å²) in [5, 5.41) is 0. The monoisotopic (exact) mass is 170 g/mol. The molecule has 0 radical (unpaired) electrons. The van der Waals surface area contributed by atoms with Crippen molar-refractivity contribution in [2.24, 2.45) is 17.6 Å². The van der Waals surface area contributed by atoms with E-state index in [1.165, 1.54) is 6.42 Å². The molecule has 3 heteroatoms. The average Bonchev–Trinajstić information content (AvgIpc) is 2.64. The second kappa shape index (κ2) is 3.44. The molecular formula is C9H18N2O. The Hall–Kier alpha value is -0.570. The van der Waals surface area contributed by atoms with Gasteiger partial charge >= 0.3 is 0 Å². The van der Waals surface area contributed by atoms with Crippen LogP contribution in [0.25, 0.3) is 0 Å². The summed E-state index contributed by atoms with van der Waals surface area (Å²) in [5.41, 5.74) is 5.48. The van der Waals surface area contributed by atoms with Crippen molar-refractivity contribution in [1.29, 1.82) is 0 Å². The molecule has 0 saturated heterocycles. The molecule has 0 aliphatic heterocycles. The minimum Gasteiger partial charge on any atom is -0.344 e. The quantitative estimate of drug-likeness (QED) is 0.668. The average molecular weight is 170 g/mol. The van der Waals surface area contributed by atoms with Crippen LogP contribution >= 0.6 is 0 Å². The third-order valence-electron chi connectivity index (χ3n) is 2.55. The van der Waals surface area contributed by atoms with Crippen LogP contribution in [0.4, 0.5) is 0 Å². The van der Waals surface area contributed by atoms with E-state index >= 15 is 0 Å². The molecule has 1 fully saturated rings. The Morgan fingerprint density at radius 2 is 2.25 bits per heavy atom. The van der Waals surface area contributed by atoms with Crippen molar-refractivity contribution in [1.82, 2.24) is 4.90 Å². The highest BCUT2D eigenvalue weighted by atomic mass is 16.2. The van der Waals surface area contributed by atoms with Crippen LogP contribution in [0.2, 0.25) is 0 Å². The normalized spacial score (nSPS) is 29.7. The van der Waals surface area contributed by atoms with Crippen LogP contribution in [-0.2, 0) is 4.79 Å². The lowest BCUT2D eigenvalue weighted by Gasteiger charge is -2.18. The van der Waals surface area contributed by atoms with E-state index in [9.17, 15) is 4.79 Å². The van der Waals surface area contributed by atoms with Gasteiger partial charge in [-0.15, -0.1) is 0 Å². The van der Waals surface area contributed by atoms with E-state index in [4.69, 9.17) is 5.73 Å². The molecule has 3 atom stereocenters. The summed E-state index contributed by atoms with van der Waals surface area (Å²) >= 11 is 0. The Morgan fingerprint density at radius 3 is 2.58 bits per heavy atom. The maximum absolute atomic E-state index is 11.3. The van der Waals surface area contributed by atoms with Gasteiger partial charge in [0.2, 0.25) is 5.91 Å². The van der Waals surface area contributed by atoms with Gasteiger partial charge in [-0.2, -0.15) is 0 Å². The van der Waals surface area contributed by atoms with Crippen molar-refractivity contribution in [2.75, 3.05) is 13.6 Å². The molecule has 0 aromatic rings. The van der Waals surface area contributed by atoms with Gasteiger partial charge in [0.15, 0.2) is 0 Å². The van der Waals surface area contributed by atoms with E-state index < -0.39 is 0 Å². The van der Waals surface area contributed by atoms with Crippen LogP contribution in [0.5, 0.6) is 0 Å². The van der Waals surface area contributed by atoms with Gasteiger partial charge in [-0.1, -0.05) is 6.92 Å². The second-order valence-electron chi connectivity index (χ2n) is 3.98. The van der Waals surface area contributed by atoms with E-state index in [1.807, 2.05) is 7.05 Å². The topological polar surface area (TPSA) is 46.3 Å². The lowest BCUT2D eigenvalue weighted by molar-refractivity contribution is -0.131. The smallest absolute Gasteiger partial charge is 0.238 e. The molecule has 1 aliphatic carbocycles. The molecule has 2 N–H and O–H groups in total. The van der Waals surface area contributed by atoms with E-state index in [1.54, 1.807) is 11.8 Å². The summed E-state index contributed by atoms with van der Waals surface area (Å²) in [4.78, 5) is 13.1. The van der Waals surface area contributed by atoms with Crippen LogP contribution in [0.3, 0.4) is 0 Å². The Bertz CT molecular complexity index is 179. The number of carbonyl (C=O) groups is 1. The molecule has 2 unspecified atom stereocenters. The fourth-order valence-corrected chi connectivity index (χ4v) is 1.44. The van der Waals surface area contributed by atoms with Crippen LogP contribution in [-0.4, -0.2) is 30.4 Å². The third kappa shape index (κ3) is 2.21. The van der Waals surface area contributed by atoms with Gasteiger partial charge in [-0.25, -0.2) is 0 Å². The maximum atomic E-state index is 11.3. The number of hydrogen-bond donors (Lipinski definition) is 1. The summed E-state index contributed by atoms with van der Waals surface area (Å²) in [6, 6.07) is -0.357. The number of nitrogens with zero attached hydrogens (tertiary/aromatic N) is 1. The highest BCUT2D eigenvalue weighted by Gasteiger charge is 2.34. The van der Waals surface area contributed by atoms with Crippen molar-refractivity contribution in [2.45, 2.75) is 26.3 Å². The van der Waals surface area contributed by atoms with Gasteiger partial charge in [-0.3, -0.25) is 4.79 Å². The molecular weight excluding hydrogens is 152 g/mol. The van der Waals surface area contributed by atoms with Gasteiger partial charge in [0.25, 0.3) is 0 Å². The molecule has 0 spiro atoms. The second-order valence-corrected chi connectivity index (χ2v) is 3.98. The zero-order valence-corrected chi connectivity index (χ0v) is 8.08. The zero-order chi connectivity index (χ0) is 9.30. The van der Waals surface area contributed by atoms with E-state index in [0.717, 1.165) is 18.4 Å². The van der Waals surface area contributed by atoms with E-state index in [2.05, 4.69) is 6.92 Å². The van der Waals surface area contributed by atoms with Gasteiger partial charge in [0.1, 0.15) is 0 Å². The maximum Gasteiger partial charge on any atom is 0.238 e. The van der Waals surface area contributed by atoms with Crippen molar-refractivity contribution in [3.63, 3.8) is 0 Å². The number of nitrogens with two attached hydrogens (primary N) is 1. The standard InChI is InChI=1S/C9H18N2O/c1-6-4-8(6)5-11(3)9(12)7(2)10/h6-8H,4-5,10H2,1-3H3/t6?,7-,8?/m1/s1. The number of amides is 1. The van der Waals surface area contributed by atoms with E-state index in [-0.39, 0.29) is 11.9 Å². The van der Waals surface area contributed by atoms with Crippen molar-refractivity contribution < 1.29 is 4.79 Å². The number of rotatable bonds is 3. The largest absolute Gasteiger partial charge is 0.344 e. The molecule has 0 bridgehead atoms. The van der Waals surface area contributed by atoms with Crippen LogP contribution < -0.4 is 5.73 Å². The van der Waals surface area contributed by atoms with Gasteiger partial charge < -0.3 is 10.6 Å². The van der Waals surface area contributed by atoms with E-state index in [0.29, 0.717) is 0 Å². The molecule has 0 aromatic heterocycles. The summed E-state index contributed by atoms with van der Waals surface area (Å²) in [7, 11) is 1.83. The minimum absolute atomic E-state index is 0.0501. The SMILES string of the molecule is CC1CC1CN(C)C(=O)[C@@H](C)N. The molecule has 1 aliphatic rings.